The van der Waals surface area contributed by atoms with Crippen molar-refractivity contribution in [3.05, 3.63) is 63.4 Å². The lowest BCUT2D eigenvalue weighted by molar-refractivity contribution is 0.469. The van der Waals surface area contributed by atoms with Crippen LogP contribution in [0.15, 0.2) is 40.9 Å². The lowest BCUT2D eigenvalue weighted by Crippen LogP contribution is -2.19. The van der Waals surface area contributed by atoms with Crippen molar-refractivity contribution >= 4 is 15.9 Å². The SMILES string of the molecule is Oc1cccc2c1CCC2NCc1cc(F)ccc1Br. The number of hydrogen-bond donors (Lipinski definition) is 2. The van der Waals surface area contributed by atoms with Crippen LogP contribution in [-0.4, -0.2) is 5.11 Å². The van der Waals surface area contributed by atoms with Crippen molar-refractivity contribution < 1.29 is 9.50 Å². The standard InChI is InChI=1S/C16H15BrFNO/c17-14-6-4-11(18)8-10(14)9-19-15-7-5-13-12(15)2-1-3-16(13)20/h1-4,6,8,15,19-20H,5,7,9H2. The zero-order valence-electron chi connectivity index (χ0n) is 10.9. The molecule has 104 valence electrons. The van der Waals surface area contributed by atoms with E-state index in [0.717, 1.165) is 34.0 Å². The summed E-state index contributed by atoms with van der Waals surface area (Å²) in [4.78, 5) is 0. The summed E-state index contributed by atoms with van der Waals surface area (Å²) in [5, 5.41) is 13.3. The fourth-order valence-corrected chi connectivity index (χ4v) is 3.15. The number of hydrogen-bond acceptors (Lipinski definition) is 2. The molecule has 1 aliphatic rings. The fourth-order valence-electron chi connectivity index (χ4n) is 2.76. The van der Waals surface area contributed by atoms with Crippen LogP contribution >= 0.6 is 15.9 Å². The Morgan fingerprint density at radius 1 is 1.30 bits per heavy atom. The van der Waals surface area contributed by atoms with Crippen molar-refractivity contribution in [1.82, 2.24) is 5.32 Å². The summed E-state index contributed by atoms with van der Waals surface area (Å²) in [6.45, 7) is 0.595. The minimum absolute atomic E-state index is 0.215. The number of aromatic hydroxyl groups is 1. The normalized spacial score (nSPS) is 17.2. The molecule has 0 amide bonds. The first-order chi connectivity index (χ1) is 9.65. The van der Waals surface area contributed by atoms with E-state index in [1.165, 1.54) is 12.1 Å². The smallest absolute Gasteiger partial charge is 0.123 e. The number of phenols is 1. The van der Waals surface area contributed by atoms with Crippen molar-refractivity contribution in [3.63, 3.8) is 0 Å². The summed E-state index contributed by atoms with van der Waals surface area (Å²) in [6, 6.07) is 10.6. The molecule has 2 N–H and O–H groups in total. The molecule has 1 atom stereocenters. The molecule has 1 aliphatic carbocycles. The van der Waals surface area contributed by atoms with Gasteiger partial charge in [-0.05, 0) is 53.8 Å². The zero-order valence-corrected chi connectivity index (χ0v) is 12.5. The van der Waals surface area contributed by atoms with E-state index in [1.54, 1.807) is 12.1 Å². The molecule has 2 aromatic carbocycles. The predicted octanol–water partition coefficient (Wildman–Crippen LogP) is 4.07. The Labute approximate surface area is 125 Å². The lowest BCUT2D eigenvalue weighted by atomic mass is 10.1. The Morgan fingerprint density at radius 3 is 3.00 bits per heavy atom. The molecule has 0 aromatic heterocycles. The van der Waals surface area contributed by atoms with Gasteiger partial charge in [0.25, 0.3) is 0 Å². The highest BCUT2D eigenvalue weighted by atomic mass is 79.9. The molecule has 0 fully saturated rings. The van der Waals surface area contributed by atoms with Gasteiger partial charge in [0.05, 0.1) is 0 Å². The van der Waals surface area contributed by atoms with E-state index in [4.69, 9.17) is 0 Å². The Hall–Kier alpha value is -1.39. The van der Waals surface area contributed by atoms with Crippen molar-refractivity contribution in [1.29, 1.82) is 0 Å². The van der Waals surface area contributed by atoms with E-state index in [0.29, 0.717) is 12.3 Å². The van der Waals surface area contributed by atoms with Gasteiger partial charge in [0, 0.05) is 17.1 Å². The molecule has 2 aromatic rings. The number of nitrogens with one attached hydrogen (secondary N) is 1. The molecule has 0 spiro atoms. The van der Waals surface area contributed by atoms with E-state index >= 15 is 0 Å². The Bertz CT molecular complexity index is 644. The molecule has 3 rings (SSSR count). The fraction of sp³-hybridized carbons (Fsp3) is 0.250. The third-order valence-electron chi connectivity index (χ3n) is 3.79. The summed E-state index contributed by atoms with van der Waals surface area (Å²) >= 11 is 3.44. The van der Waals surface area contributed by atoms with Crippen LogP contribution in [-0.2, 0) is 13.0 Å². The van der Waals surface area contributed by atoms with Crippen LogP contribution < -0.4 is 5.32 Å². The van der Waals surface area contributed by atoms with Crippen molar-refractivity contribution in [2.75, 3.05) is 0 Å². The number of benzene rings is 2. The highest BCUT2D eigenvalue weighted by Gasteiger charge is 2.24. The first-order valence-electron chi connectivity index (χ1n) is 6.63. The summed E-state index contributed by atoms with van der Waals surface area (Å²) < 4.78 is 14.2. The second-order valence-electron chi connectivity index (χ2n) is 5.05. The zero-order chi connectivity index (χ0) is 14.1. The maximum absolute atomic E-state index is 13.3. The number of halogens is 2. The number of phenolic OH excluding ortho intramolecular Hbond substituents is 1. The molecule has 0 radical (unpaired) electrons. The van der Waals surface area contributed by atoms with Crippen LogP contribution in [0.25, 0.3) is 0 Å². The van der Waals surface area contributed by atoms with Crippen molar-refractivity contribution in [2.24, 2.45) is 0 Å². The topological polar surface area (TPSA) is 32.3 Å². The van der Waals surface area contributed by atoms with Gasteiger partial charge >= 0.3 is 0 Å². The summed E-state index contributed by atoms with van der Waals surface area (Å²) in [5.41, 5.74) is 3.08. The lowest BCUT2D eigenvalue weighted by Gasteiger charge is -2.15. The average Bonchev–Trinajstić information content (AvgIpc) is 2.85. The van der Waals surface area contributed by atoms with Crippen molar-refractivity contribution in [3.8, 4) is 5.75 Å². The molecular formula is C16H15BrFNO. The summed E-state index contributed by atoms with van der Waals surface area (Å²) in [5.74, 6) is 0.146. The molecule has 1 unspecified atom stereocenters. The van der Waals surface area contributed by atoms with Crippen LogP contribution in [0.3, 0.4) is 0 Å². The molecule has 20 heavy (non-hydrogen) atoms. The van der Waals surface area contributed by atoms with E-state index < -0.39 is 0 Å². The number of fused-ring (bicyclic) bond motifs is 1. The van der Waals surface area contributed by atoms with Gasteiger partial charge in [-0.25, -0.2) is 4.39 Å². The predicted molar refractivity (Wildman–Crippen MR) is 80.1 cm³/mol. The van der Waals surface area contributed by atoms with E-state index in [1.807, 2.05) is 12.1 Å². The minimum atomic E-state index is -0.227. The third-order valence-corrected chi connectivity index (χ3v) is 4.57. The Kier molecular flexibility index (Phi) is 3.76. The number of rotatable bonds is 3. The second kappa shape index (κ2) is 5.54. The van der Waals surface area contributed by atoms with Gasteiger partial charge < -0.3 is 10.4 Å². The van der Waals surface area contributed by atoms with E-state index in [-0.39, 0.29) is 11.9 Å². The second-order valence-corrected chi connectivity index (χ2v) is 5.91. The van der Waals surface area contributed by atoms with Crippen LogP contribution in [0.5, 0.6) is 5.75 Å². The Balaban J connectivity index is 1.75. The first-order valence-corrected chi connectivity index (χ1v) is 7.42. The Morgan fingerprint density at radius 2 is 2.15 bits per heavy atom. The third kappa shape index (κ3) is 2.58. The first kappa shape index (κ1) is 13.6. The molecule has 0 bridgehead atoms. The largest absolute Gasteiger partial charge is 0.508 e. The molecule has 2 nitrogen and oxygen atoms in total. The summed E-state index contributed by atoms with van der Waals surface area (Å²) in [7, 11) is 0. The van der Waals surface area contributed by atoms with Crippen LogP contribution in [0.1, 0.15) is 29.2 Å². The molecule has 0 saturated carbocycles. The molecule has 0 heterocycles. The van der Waals surface area contributed by atoms with Gasteiger partial charge in [0.2, 0.25) is 0 Å². The van der Waals surface area contributed by atoms with Gasteiger partial charge in [-0.15, -0.1) is 0 Å². The maximum Gasteiger partial charge on any atom is 0.123 e. The molecular weight excluding hydrogens is 321 g/mol. The van der Waals surface area contributed by atoms with Gasteiger partial charge in [-0.1, -0.05) is 28.1 Å². The van der Waals surface area contributed by atoms with E-state index in [2.05, 4.69) is 21.2 Å². The molecule has 0 aliphatic heterocycles. The summed E-state index contributed by atoms with van der Waals surface area (Å²) in [6.07, 6.45) is 1.84. The van der Waals surface area contributed by atoms with Gasteiger partial charge in [-0.2, -0.15) is 0 Å². The average molecular weight is 336 g/mol. The van der Waals surface area contributed by atoms with E-state index in [9.17, 15) is 9.50 Å². The van der Waals surface area contributed by atoms with Crippen LogP contribution in [0, 0.1) is 5.82 Å². The van der Waals surface area contributed by atoms with Gasteiger partial charge in [-0.3, -0.25) is 0 Å². The van der Waals surface area contributed by atoms with Crippen LogP contribution in [0.2, 0.25) is 0 Å². The van der Waals surface area contributed by atoms with Crippen molar-refractivity contribution in [2.45, 2.75) is 25.4 Å². The van der Waals surface area contributed by atoms with Gasteiger partial charge in [0.15, 0.2) is 0 Å². The highest BCUT2D eigenvalue weighted by molar-refractivity contribution is 9.10. The quantitative estimate of drug-likeness (QED) is 0.886. The molecule has 4 heteroatoms. The molecule has 0 saturated heterocycles. The highest BCUT2D eigenvalue weighted by Crippen LogP contribution is 2.36. The monoisotopic (exact) mass is 335 g/mol. The van der Waals surface area contributed by atoms with Gasteiger partial charge in [0.1, 0.15) is 11.6 Å². The maximum atomic E-state index is 13.3. The minimum Gasteiger partial charge on any atom is -0.508 e. The van der Waals surface area contributed by atoms with Crippen LogP contribution in [0.4, 0.5) is 4.39 Å².